The highest BCUT2D eigenvalue weighted by molar-refractivity contribution is 7.99. The molecule has 0 amide bonds. The summed E-state index contributed by atoms with van der Waals surface area (Å²) in [5.74, 6) is 1.04. The minimum atomic E-state index is 0.391. The van der Waals surface area contributed by atoms with E-state index in [1.165, 1.54) is 32.1 Å². The molecule has 0 atom stereocenters. The second-order valence-corrected chi connectivity index (χ2v) is 6.30. The topological polar surface area (TPSA) is 51.8 Å². The van der Waals surface area contributed by atoms with E-state index in [1.807, 2.05) is 11.8 Å². The fourth-order valence-corrected chi connectivity index (χ4v) is 3.83. The monoisotopic (exact) mass is 251 g/mol. The molecule has 0 unspecified atom stereocenters. The second kappa shape index (κ2) is 5.71. The molecule has 1 fully saturated rings. The van der Waals surface area contributed by atoms with Gasteiger partial charge in [-0.2, -0.15) is 0 Å². The van der Waals surface area contributed by atoms with Crippen molar-refractivity contribution < 1.29 is 0 Å². The number of nitrogens with zero attached hydrogens (tertiary/aromatic N) is 2. The first-order chi connectivity index (χ1) is 8.18. The van der Waals surface area contributed by atoms with E-state index in [9.17, 15) is 0 Å². The Morgan fingerprint density at radius 3 is 2.59 bits per heavy atom. The van der Waals surface area contributed by atoms with Gasteiger partial charge in [0.2, 0.25) is 0 Å². The molecule has 94 valence electrons. The molecule has 1 heterocycles. The largest absolute Gasteiger partial charge is 0.383 e. The number of hydrogen-bond acceptors (Lipinski definition) is 4. The zero-order valence-corrected chi connectivity index (χ0v) is 11.5. The lowest BCUT2D eigenvalue weighted by Gasteiger charge is -2.22. The van der Waals surface area contributed by atoms with Crippen molar-refractivity contribution in [1.82, 2.24) is 9.97 Å². The maximum absolute atomic E-state index is 5.96. The molecule has 3 nitrogen and oxygen atoms in total. The highest BCUT2D eigenvalue weighted by atomic mass is 32.2. The molecule has 0 saturated heterocycles. The molecule has 1 aliphatic carbocycles. The predicted octanol–water partition coefficient (Wildman–Crippen LogP) is 3.61. The summed E-state index contributed by atoms with van der Waals surface area (Å²) in [7, 11) is 0. The van der Waals surface area contributed by atoms with Crippen molar-refractivity contribution in [3.05, 3.63) is 11.9 Å². The molecule has 2 N–H and O–H groups in total. The summed E-state index contributed by atoms with van der Waals surface area (Å²) in [6.45, 7) is 4.31. The van der Waals surface area contributed by atoms with Crippen LogP contribution in [0.25, 0.3) is 0 Å². The number of rotatable bonds is 3. The minimum Gasteiger partial charge on any atom is -0.383 e. The van der Waals surface area contributed by atoms with Gasteiger partial charge in [-0.15, -0.1) is 11.8 Å². The van der Waals surface area contributed by atoms with Crippen molar-refractivity contribution >= 4 is 17.6 Å². The highest BCUT2D eigenvalue weighted by Gasteiger charge is 2.19. The lowest BCUT2D eigenvalue weighted by atomic mass is 10.0. The summed E-state index contributed by atoms with van der Waals surface area (Å²) in [5.41, 5.74) is 7.09. The first kappa shape index (κ1) is 12.7. The van der Waals surface area contributed by atoms with Crippen molar-refractivity contribution in [3.63, 3.8) is 0 Å². The van der Waals surface area contributed by atoms with Crippen LogP contribution in [0.5, 0.6) is 0 Å². The summed E-state index contributed by atoms with van der Waals surface area (Å²) < 4.78 is 0. The van der Waals surface area contributed by atoms with Crippen molar-refractivity contribution in [3.8, 4) is 0 Å². The lowest BCUT2D eigenvalue weighted by molar-refractivity contribution is 0.515. The molecule has 17 heavy (non-hydrogen) atoms. The van der Waals surface area contributed by atoms with Crippen LogP contribution >= 0.6 is 11.8 Å². The Bertz CT molecular complexity index is 373. The first-order valence-electron chi connectivity index (χ1n) is 6.45. The molecule has 4 heteroatoms. The molecule has 1 aromatic heterocycles. The van der Waals surface area contributed by atoms with Gasteiger partial charge >= 0.3 is 0 Å². The number of thioether (sulfide) groups is 1. The maximum Gasteiger partial charge on any atom is 0.131 e. The van der Waals surface area contributed by atoms with Gasteiger partial charge in [-0.3, -0.25) is 0 Å². The molecule has 1 saturated carbocycles. The van der Waals surface area contributed by atoms with Gasteiger partial charge in [0, 0.05) is 10.8 Å². The Balaban J connectivity index is 2.16. The average molecular weight is 251 g/mol. The average Bonchev–Trinajstić information content (AvgIpc) is 2.30. The quantitative estimate of drug-likeness (QED) is 0.834. The Hall–Kier alpha value is -0.770. The van der Waals surface area contributed by atoms with Gasteiger partial charge in [-0.25, -0.2) is 9.97 Å². The third kappa shape index (κ3) is 3.12. The molecular weight excluding hydrogens is 230 g/mol. The van der Waals surface area contributed by atoms with Crippen LogP contribution in [0, 0.1) is 0 Å². The molecule has 0 aliphatic heterocycles. The van der Waals surface area contributed by atoms with Gasteiger partial charge < -0.3 is 5.73 Å². The van der Waals surface area contributed by atoms with Crippen LogP contribution in [0.1, 0.15) is 57.4 Å². The number of nitrogen functional groups attached to an aromatic ring is 1. The third-order valence-corrected chi connectivity index (χ3v) is 4.64. The van der Waals surface area contributed by atoms with Gasteiger partial charge in [-0.05, 0) is 18.8 Å². The maximum atomic E-state index is 5.96. The van der Waals surface area contributed by atoms with Gasteiger partial charge in [0.05, 0.1) is 0 Å². The zero-order chi connectivity index (χ0) is 12.3. The summed E-state index contributed by atoms with van der Waals surface area (Å²) in [6.07, 6.45) is 8.31. The number of nitrogens with two attached hydrogens (primary N) is 1. The summed E-state index contributed by atoms with van der Waals surface area (Å²) in [4.78, 5) is 8.53. The van der Waals surface area contributed by atoms with E-state index < -0.39 is 0 Å². The zero-order valence-electron chi connectivity index (χ0n) is 10.6. The van der Waals surface area contributed by atoms with Crippen molar-refractivity contribution in [2.45, 2.75) is 62.1 Å². The summed E-state index contributed by atoms with van der Waals surface area (Å²) in [5, 5.41) is 1.81. The van der Waals surface area contributed by atoms with Crippen molar-refractivity contribution in [1.29, 1.82) is 0 Å². The predicted molar refractivity (Wildman–Crippen MR) is 73.3 cm³/mol. The summed E-state index contributed by atoms with van der Waals surface area (Å²) in [6, 6.07) is 0. The molecular formula is C13H21N3S. The number of anilines is 1. The van der Waals surface area contributed by atoms with E-state index in [2.05, 4.69) is 23.8 Å². The van der Waals surface area contributed by atoms with E-state index in [4.69, 9.17) is 5.73 Å². The van der Waals surface area contributed by atoms with Crippen LogP contribution in [-0.4, -0.2) is 15.2 Å². The molecule has 0 aromatic carbocycles. The van der Waals surface area contributed by atoms with E-state index in [0.717, 1.165) is 15.8 Å². The van der Waals surface area contributed by atoms with E-state index in [-0.39, 0.29) is 0 Å². The fourth-order valence-electron chi connectivity index (χ4n) is 2.37. The summed E-state index contributed by atoms with van der Waals surface area (Å²) >= 11 is 1.90. The third-order valence-electron chi connectivity index (χ3n) is 3.29. The molecule has 0 bridgehead atoms. The Labute approximate surface area is 108 Å². The van der Waals surface area contributed by atoms with Crippen LogP contribution in [-0.2, 0) is 0 Å². The minimum absolute atomic E-state index is 0.391. The second-order valence-electron chi connectivity index (χ2n) is 5.01. The highest BCUT2D eigenvalue weighted by Crippen LogP contribution is 2.37. The van der Waals surface area contributed by atoms with Crippen LogP contribution in [0.2, 0.25) is 0 Å². The van der Waals surface area contributed by atoms with Crippen LogP contribution in [0.15, 0.2) is 11.4 Å². The molecule has 0 spiro atoms. The molecule has 2 rings (SSSR count). The Kier molecular flexibility index (Phi) is 4.26. The van der Waals surface area contributed by atoms with Crippen LogP contribution < -0.4 is 5.73 Å². The fraction of sp³-hybridized carbons (Fsp3) is 0.692. The van der Waals surface area contributed by atoms with E-state index in [1.54, 1.807) is 6.33 Å². The Morgan fingerprint density at radius 2 is 1.94 bits per heavy atom. The van der Waals surface area contributed by atoms with Crippen molar-refractivity contribution in [2.24, 2.45) is 0 Å². The molecule has 1 aromatic rings. The normalized spacial score (nSPS) is 17.6. The SMILES string of the molecule is CC(C)c1c(N)ncnc1SC1CCCCC1. The van der Waals surface area contributed by atoms with Gasteiger partial charge in [0.1, 0.15) is 17.2 Å². The smallest absolute Gasteiger partial charge is 0.131 e. The van der Waals surface area contributed by atoms with Gasteiger partial charge in [0.15, 0.2) is 0 Å². The standard InChI is InChI=1S/C13H21N3S/c1-9(2)11-12(14)15-8-16-13(11)17-10-6-4-3-5-7-10/h8-10H,3-7H2,1-2H3,(H2,14,15,16). The molecule has 0 radical (unpaired) electrons. The molecule has 1 aliphatic rings. The first-order valence-corrected chi connectivity index (χ1v) is 7.33. The van der Waals surface area contributed by atoms with Crippen LogP contribution in [0.4, 0.5) is 5.82 Å². The van der Waals surface area contributed by atoms with Crippen molar-refractivity contribution in [2.75, 3.05) is 5.73 Å². The van der Waals surface area contributed by atoms with Crippen LogP contribution in [0.3, 0.4) is 0 Å². The Morgan fingerprint density at radius 1 is 1.24 bits per heavy atom. The van der Waals surface area contributed by atoms with Gasteiger partial charge in [-0.1, -0.05) is 33.1 Å². The van der Waals surface area contributed by atoms with Gasteiger partial charge in [0.25, 0.3) is 0 Å². The number of hydrogen-bond donors (Lipinski definition) is 1. The van der Waals surface area contributed by atoms with E-state index in [0.29, 0.717) is 11.7 Å². The van der Waals surface area contributed by atoms with E-state index >= 15 is 0 Å². The number of aromatic nitrogens is 2. The lowest BCUT2D eigenvalue weighted by Crippen LogP contribution is -2.10.